The maximum Gasteiger partial charge on any atom is 0.242 e. The van der Waals surface area contributed by atoms with E-state index in [1.54, 1.807) is 30.0 Å². The third-order valence-electron chi connectivity index (χ3n) is 4.88. The van der Waals surface area contributed by atoms with E-state index < -0.39 is 9.84 Å². The molecule has 9 heteroatoms. The second-order valence-corrected chi connectivity index (χ2v) is 8.93. The number of pyridine rings is 1. The number of para-hydroxylation sites is 1. The van der Waals surface area contributed by atoms with Gasteiger partial charge in [-0.25, -0.2) is 18.1 Å². The van der Waals surface area contributed by atoms with Crippen LogP contribution in [0.15, 0.2) is 29.2 Å². The standard InChI is InChI=1S/C20H24N4O4S/c1-12-14(13(2)21-19-18(12)20(28-4)23-24(19)3)10-11-17(25)22-15-8-6-7-9-16(15)29(5,26)27/h6-9H,10-11H2,1-5H3,(H,22,25). The number of carbonyl (C=O) groups excluding carboxylic acids is 1. The molecule has 1 aromatic carbocycles. The van der Waals surface area contributed by atoms with Crippen LogP contribution in [0.25, 0.3) is 11.0 Å². The number of amides is 1. The molecule has 0 saturated heterocycles. The van der Waals surface area contributed by atoms with Crippen molar-refractivity contribution in [1.29, 1.82) is 0 Å². The molecule has 1 N–H and O–H groups in total. The minimum absolute atomic E-state index is 0.101. The summed E-state index contributed by atoms with van der Waals surface area (Å²) in [6, 6.07) is 6.37. The molecule has 1 amide bonds. The molecule has 0 bridgehead atoms. The van der Waals surface area contributed by atoms with Gasteiger partial charge in [-0.2, -0.15) is 0 Å². The van der Waals surface area contributed by atoms with Crippen molar-refractivity contribution in [2.45, 2.75) is 31.6 Å². The van der Waals surface area contributed by atoms with Gasteiger partial charge in [0, 0.05) is 25.4 Å². The molecule has 3 aromatic rings. The van der Waals surface area contributed by atoms with Gasteiger partial charge >= 0.3 is 0 Å². The predicted molar refractivity (Wildman–Crippen MR) is 111 cm³/mol. The van der Waals surface area contributed by atoms with E-state index in [4.69, 9.17) is 4.74 Å². The highest BCUT2D eigenvalue weighted by Crippen LogP contribution is 2.30. The highest BCUT2D eigenvalue weighted by atomic mass is 32.2. The Bertz CT molecular complexity index is 1200. The van der Waals surface area contributed by atoms with Crippen molar-refractivity contribution in [1.82, 2.24) is 14.8 Å². The molecule has 0 radical (unpaired) electrons. The minimum Gasteiger partial charge on any atom is -0.479 e. The van der Waals surface area contributed by atoms with Crippen LogP contribution in [0.2, 0.25) is 0 Å². The first-order valence-electron chi connectivity index (χ1n) is 9.09. The third kappa shape index (κ3) is 4.09. The quantitative estimate of drug-likeness (QED) is 0.662. The van der Waals surface area contributed by atoms with Gasteiger partial charge < -0.3 is 10.1 Å². The van der Waals surface area contributed by atoms with Crippen molar-refractivity contribution < 1.29 is 17.9 Å². The normalized spacial score (nSPS) is 11.6. The average molecular weight is 417 g/mol. The Balaban J connectivity index is 1.84. The number of aryl methyl sites for hydroxylation is 3. The van der Waals surface area contributed by atoms with Crippen LogP contribution < -0.4 is 10.1 Å². The second-order valence-electron chi connectivity index (χ2n) is 6.95. The summed E-state index contributed by atoms with van der Waals surface area (Å²) in [5.41, 5.74) is 3.77. The lowest BCUT2D eigenvalue weighted by Gasteiger charge is -2.12. The van der Waals surface area contributed by atoms with Crippen LogP contribution in [-0.2, 0) is 28.1 Å². The lowest BCUT2D eigenvalue weighted by atomic mass is 10.00. The zero-order valence-electron chi connectivity index (χ0n) is 17.1. The fourth-order valence-corrected chi connectivity index (χ4v) is 4.30. The van der Waals surface area contributed by atoms with Crippen molar-refractivity contribution in [3.63, 3.8) is 0 Å². The average Bonchev–Trinajstić information content (AvgIpc) is 2.97. The molecule has 3 rings (SSSR count). The Hall–Kier alpha value is -2.94. The number of benzene rings is 1. The molecule has 0 unspecified atom stereocenters. The number of carbonyl (C=O) groups is 1. The molecular formula is C20H24N4O4S. The van der Waals surface area contributed by atoms with Crippen LogP contribution in [0, 0.1) is 13.8 Å². The van der Waals surface area contributed by atoms with Gasteiger partial charge in [-0.15, -0.1) is 5.10 Å². The molecule has 29 heavy (non-hydrogen) atoms. The summed E-state index contributed by atoms with van der Waals surface area (Å²) < 4.78 is 30.9. The summed E-state index contributed by atoms with van der Waals surface area (Å²) in [5, 5.41) is 7.87. The Morgan fingerprint density at radius 1 is 1.24 bits per heavy atom. The Morgan fingerprint density at radius 2 is 1.93 bits per heavy atom. The molecular weight excluding hydrogens is 392 g/mol. The molecule has 2 aromatic heterocycles. The van der Waals surface area contributed by atoms with Crippen molar-refractivity contribution in [3.05, 3.63) is 41.1 Å². The summed E-state index contributed by atoms with van der Waals surface area (Å²) in [6.07, 6.45) is 1.77. The van der Waals surface area contributed by atoms with E-state index in [9.17, 15) is 13.2 Å². The van der Waals surface area contributed by atoms with E-state index in [1.807, 2.05) is 20.9 Å². The number of fused-ring (bicyclic) bond motifs is 1. The van der Waals surface area contributed by atoms with E-state index in [-0.39, 0.29) is 22.9 Å². The van der Waals surface area contributed by atoms with Crippen LogP contribution in [0.3, 0.4) is 0 Å². The molecule has 2 heterocycles. The Morgan fingerprint density at radius 3 is 2.59 bits per heavy atom. The number of aromatic nitrogens is 3. The first-order valence-corrected chi connectivity index (χ1v) is 11.0. The largest absolute Gasteiger partial charge is 0.479 e. The maximum absolute atomic E-state index is 12.5. The highest BCUT2D eigenvalue weighted by Gasteiger charge is 2.19. The van der Waals surface area contributed by atoms with Gasteiger partial charge in [-0.3, -0.25) is 4.79 Å². The summed E-state index contributed by atoms with van der Waals surface area (Å²) in [7, 11) is -0.0657. The number of hydrogen-bond acceptors (Lipinski definition) is 6. The number of ether oxygens (including phenoxy) is 1. The van der Waals surface area contributed by atoms with Gasteiger partial charge in [0.05, 0.1) is 23.1 Å². The smallest absolute Gasteiger partial charge is 0.242 e. The topological polar surface area (TPSA) is 103 Å². The third-order valence-corrected chi connectivity index (χ3v) is 6.03. The van der Waals surface area contributed by atoms with E-state index in [2.05, 4.69) is 15.4 Å². The SMILES string of the molecule is COc1nn(C)c2nc(C)c(CCC(=O)Nc3ccccc3S(C)(=O)=O)c(C)c12. The Kier molecular flexibility index (Phi) is 5.61. The van der Waals surface area contributed by atoms with Gasteiger partial charge in [0.1, 0.15) is 0 Å². The zero-order valence-corrected chi connectivity index (χ0v) is 17.9. The number of hydrogen-bond donors (Lipinski definition) is 1. The molecule has 0 atom stereocenters. The fourth-order valence-electron chi connectivity index (χ4n) is 3.45. The van der Waals surface area contributed by atoms with E-state index in [0.29, 0.717) is 12.3 Å². The molecule has 0 aliphatic rings. The van der Waals surface area contributed by atoms with Crippen LogP contribution in [0.1, 0.15) is 23.2 Å². The molecule has 0 saturated carbocycles. The molecule has 0 spiro atoms. The summed E-state index contributed by atoms with van der Waals surface area (Å²) in [4.78, 5) is 17.2. The van der Waals surface area contributed by atoms with Gasteiger partial charge in [0.25, 0.3) is 0 Å². The molecule has 154 valence electrons. The van der Waals surface area contributed by atoms with Crippen molar-refractivity contribution in [2.75, 3.05) is 18.7 Å². The van der Waals surface area contributed by atoms with Crippen LogP contribution in [0.5, 0.6) is 5.88 Å². The van der Waals surface area contributed by atoms with Crippen LogP contribution >= 0.6 is 0 Å². The fraction of sp³-hybridized carbons (Fsp3) is 0.350. The van der Waals surface area contributed by atoms with E-state index in [0.717, 1.165) is 34.1 Å². The summed E-state index contributed by atoms with van der Waals surface area (Å²) in [5.74, 6) is 0.235. The number of anilines is 1. The molecule has 8 nitrogen and oxygen atoms in total. The molecule has 0 aliphatic heterocycles. The lowest BCUT2D eigenvalue weighted by molar-refractivity contribution is -0.116. The van der Waals surface area contributed by atoms with Gasteiger partial charge in [0.15, 0.2) is 15.5 Å². The molecule has 0 aliphatic carbocycles. The van der Waals surface area contributed by atoms with Crippen LogP contribution in [0.4, 0.5) is 5.69 Å². The van der Waals surface area contributed by atoms with Gasteiger partial charge in [0.2, 0.25) is 11.8 Å². The Labute approximate surface area is 169 Å². The van der Waals surface area contributed by atoms with Crippen molar-refractivity contribution in [2.24, 2.45) is 7.05 Å². The minimum atomic E-state index is -3.44. The van der Waals surface area contributed by atoms with E-state index in [1.165, 1.54) is 6.07 Å². The summed E-state index contributed by atoms with van der Waals surface area (Å²) in [6.45, 7) is 3.87. The number of methoxy groups -OCH3 is 1. The number of sulfone groups is 1. The summed E-state index contributed by atoms with van der Waals surface area (Å²) >= 11 is 0. The van der Waals surface area contributed by atoms with Gasteiger partial charge in [-0.1, -0.05) is 12.1 Å². The molecule has 0 fully saturated rings. The van der Waals surface area contributed by atoms with Crippen molar-refractivity contribution >= 4 is 32.5 Å². The first-order chi connectivity index (χ1) is 13.6. The number of nitrogens with one attached hydrogen (secondary N) is 1. The predicted octanol–water partition coefficient (Wildman–Crippen LogP) is 2.57. The van der Waals surface area contributed by atoms with Crippen molar-refractivity contribution in [3.8, 4) is 5.88 Å². The van der Waals surface area contributed by atoms with E-state index >= 15 is 0 Å². The van der Waals surface area contributed by atoms with Crippen LogP contribution in [-0.4, -0.2) is 42.5 Å². The zero-order chi connectivity index (χ0) is 21.3. The second kappa shape index (κ2) is 7.82. The number of rotatable bonds is 6. The maximum atomic E-state index is 12.5. The monoisotopic (exact) mass is 416 g/mol. The first kappa shape index (κ1) is 20.8. The van der Waals surface area contributed by atoms with Gasteiger partial charge in [-0.05, 0) is 43.5 Å². The number of nitrogens with zero attached hydrogens (tertiary/aromatic N) is 3. The highest BCUT2D eigenvalue weighted by molar-refractivity contribution is 7.90. The lowest BCUT2D eigenvalue weighted by Crippen LogP contribution is -2.15.